The van der Waals surface area contributed by atoms with E-state index in [9.17, 15) is 0 Å². The molecule has 0 unspecified atom stereocenters. The van der Waals surface area contributed by atoms with Crippen molar-refractivity contribution in [1.82, 2.24) is 10.6 Å². The molecule has 0 radical (unpaired) electrons. The Bertz CT molecular complexity index is 743. The van der Waals surface area contributed by atoms with Crippen LogP contribution in [0.5, 0.6) is 0 Å². The summed E-state index contributed by atoms with van der Waals surface area (Å²) >= 11 is 0. The van der Waals surface area contributed by atoms with Crippen LogP contribution < -0.4 is 15.5 Å². The van der Waals surface area contributed by atoms with Gasteiger partial charge in [0.2, 0.25) is 0 Å². The largest absolute Gasteiger partial charge is 0.469 e. The quantitative estimate of drug-likeness (QED) is 0.335. The molecule has 1 aliphatic heterocycles. The highest BCUT2D eigenvalue weighted by molar-refractivity contribution is 5.79. The second kappa shape index (κ2) is 11.6. The molecule has 0 aliphatic carbocycles. The zero-order valence-electron chi connectivity index (χ0n) is 18.1. The highest BCUT2D eigenvalue weighted by Crippen LogP contribution is 2.21. The van der Waals surface area contributed by atoms with Crippen molar-refractivity contribution in [2.24, 2.45) is 4.99 Å². The van der Waals surface area contributed by atoms with Crippen molar-refractivity contribution in [3.63, 3.8) is 0 Å². The van der Waals surface area contributed by atoms with E-state index in [4.69, 9.17) is 18.9 Å². The topological polar surface area (TPSA) is 71.3 Å². The summed E-state index contributed by atoms with van der Waals surface area (Å²) in [5, 5.41) is 6.81. The average Bonchev–Trinajstić information content (AvgIpc) is 3.43. The Hall–Kier alpha value is -2.51. The molecular weight excluding hydrogens is 380 g/mol. The molecule has 2 N–H and O–H groups in total. The predicted molar refractivity (Wildman–Crippen MR) is 120 cm³/mol. The molecule has 2 heterocycles. The van der Waals surface area contributed by atoms with E-state index in [1.807, 2.05) is 25.1 Å². The maximum absolute atomic E-state index is 5.68. The zero-order valence-corrected chi connectivity index (χ0v) is 18.1. The molecule has 3 rings (SSSR count). The SMILES string of the molecule is CN(CCCN=C(NCCc1ccco1)NCCC1(C)OCCO1)c1ccccc1. The predicted octanol–water partition coefficient (Wildman–Crippen LogP) is 3.04. The fraction of sp³-hybridized carbons (Fsp3) is 0.522. The third-order valence-electron chi connectivity index (χ3n) is 5.13. The van der Waals surface area contributed by atoms with Gasteiger partial charge in [0.15, 0.2) is 11.7 Å². The van der Waals surface area contributed by atoms with E-state index in [1.54, 1.807) is 6.26 Å². The first-order valence-electron chi connectivity index (χ1n) is 10.7. The number of para-hydroxylation sites is 1. The molecule has 7 nitrogen and oxygen atoms in total. The van der Waals surface area contributed by atoms with Crippen LogP contribution in [0.3, 0.4) is 0 Å². The molecular formula is C23H34N4O3. The van der Waals surface area contributed by atoms with Gasteiger partial charge in [-0.05, 0) is 37.6 Å². The van der Waals surface area contributed by atoms with Crippen molar-refractivity contribution in [1.29, 1.82) is 0 Å². The Morgan fingerprint density at radius 3 is 2.57 bits per heavy atom. The van der Waals surface area contributed by atoms with E-state index >= 15 is 0 Å². The second-order valence-corrected chi connectivity index (χ2v) is 7.60. The first-order chi connectivity index (χ1) is 14.6. The van der Waals surface area contributed by atoms with E-state index in [1.165, 1.54) is 5.69 Å². The number of hydrogen-bond acceptors (Lipinski definition) is 5. The minimum Gasteiger partial charge on any atom is -0.469 e. The summed E-state index contributed by atoms with van der Waals surface area (Å²) in [5.74, 6) is 1.28. The van der Waals surface area contributed by atoms with Gasteiger partial charge in [-0.3, -0.25) is 4.99 Å². The molecule has 0 amide bonds. The van der Waals surface area contributed by atoms with Gasteiger partial charge in [-0.1, -0.05) is 18.2 Å². The molecule has 164 valence electrons. The highest BCUT2D eigenvalue weighted by atomic mass is 16.7. The van der Waals surface area contributed by atoms with Crippen molar-refractivity contribution in [3.8, 4) is 0 Å². The number of nitrogens with one attached hydrogen (secondary N) is 2. The minimum absolute atomic E-state index is 0.495. The summed E-state index contributed by atoms with van der Waals surface area (Å²) in [7, 11) is 2.11. The number of anilines is 1. The van der Waals surface area contributed by atoms with Crippen molar-refractivity contribution in [2.45, 2.75) is 32.0 Å². The van der Waals surface area contributed by atoms with E-state index in [2.05, 4.69) is 46.8 Å². The lowest BCUT2D eigenvalue weighted by Crippen LogP contribution is -2.41. The molecule has 0 spiro atoms. The molecule has 1 fully saturated rings. The molecule has 0 saturated carbocycles. The summed E-state index contributed by atoms with van der Waals surface area (Å²) in [6, 6.07) is 14.3. The van der Waals surface area contributed by atoms with Crippen molar-refractivity contribution in [3.05, 3.63) is 54.5 Å². The Morgan fingerprint density at radius 1 is 1.07 bits per heavy atom. The fourth-order valence-electron chi connectivity index (χ4n) is 3.35. The molecule has 1 aliphatic rings. The van der Waals surface area contributed by atoms with Crippen LogP contribution in [0, 0.1) is 0 Å². The molecule has 0 atom stereocenters. The van der Waals surface area contributed by atoms with Gasteiger partial charge in [0.05, 0.1) is 19.5 Å². The lowest BCUT2D eigenvalue weighted by molar-refractivity contribution is -0.145. The summed E-state index contributed by atoms with van der Waals surface area (Å²) < 4.78 is 16.8. The van der Waals surface area contributed by atoms with Crippen LogP contribution in [0.15, 0.2) is 58.1 Å². The molecule has 1 saturated heterocycles. The third-order valence-corrected chi connectivity index (χ3v) is 5.13. The number of guanidine groups is 1. The van der Waals surface area contributed by atoms with E-state index in [0.29, 0.717) is 13.2 Å². The Balaban J connectivity index is 1.44. The van der Waals surface area contributed by atoms with Crippen LogP contribution in [-0.2, 0) is 15.9 Å². The van der Waals surface area contributed by atoms with Gasteiger partial charge >= 0.3 is 0 Å². The number of benzene rings is 1. The Labute approximate surface area is 179 Å². The number of rotatable bonds is 11. The minimum atomic E-state index is -0.495. The van der Waals surface area contributed by atoms with Crippen LogP contribution >= 0.6 is 0 Å². The van der Waals surface area contributed by atoms with Gasteiger partial charge in [-0.25, -0.2) is 0 Å². The highest BCUT2D eigenvalue weighted by Gasteiger charge is 2.30. The summed E-state index contributed by atoms with van der Waals surface area (Å²) in [4.78, 5) is 7.00. The summed E-state index contributed by atoms with van der Waals surface area (Å²) in [6.07, 6.45) is 4.26. The summed E-state index contributed by atoms with van der Waals surface area (Å²) in [6.45, 7) is 6.49. The van der Waals surface area contributed by atoms with Crippen LogP contribution in [0.2, 0.25) is 0 Å². The first kappa shape index (κ1) is 22.2. The molecule has 0 bridgehead atoms. The smallest absolute Gasteiger partial charge is 0.191 e. The van der Waals surface area contributed by atoms with Gasteiger partial charge in [-0.15, -0.1) is 0 Å². The second-order valence-electron chi connectivity index (χ2n) is 7.60. The van der Waals surface area contributed by atoms with E-state index in [0.717, 1.165) is 57.2 Å². The fourth-order valence-corrected chi connectivity index (χ4v) is 3.35. The van der Waals surface area contributed by atoms with Crippen LogP contribution in [0.25, 0.3) is 0 Å². The van der Waals surface area contributed by atoms with E-state index < -0.39 is 5.79 Å². The van der Waals surface area contributed by atoms with Gasteiger partial charge < -0.3 is 29.4 Å². The van der Waals surface area contributed by atoms with Gasteiger partial charge in [0.25, 0.3) is 0 Å². The normalized spacial score (nSPS) is 15.9. The van der Waals surface area contributed by atoms with Crippen molar-refractivity contribution in [2.75, 3.05) is 51.3 Å². The maximum Gasteiger partial charge on any atom is 0.191 e. The van der Waals surface area contributed by atoms with Gasteiger partial charge in [-0.2, -0.15) is 0 Å². The Kier molecular flexibility index (Phi) is 8.59. The molecule has 1 aromatic carbocycles. The number of nitrogens with zero attached hydrogens (tertiary/aromatic N) is 2. The van der Waals surface area contributed by atoms with Crippen LogP contribution in [0.1, 0.15) is 25.5 Å². The van der Waals surface area contributed by atoms with E-state index in [-0.39, 0.29) is 0 Å². The maximum atomic E-state index is 5.68. The third kappa shape index (κ3) is 7.39. The van der Waals surface area contributed by atoms with Gasteiger partial charge in [0, 0.05) is 51.8 Å². The zero-order chi connectivity index (χ0) is 21.1. The molecule has 30 heavy (non-hydrogen) atoms. The molecule has 2 aromatic rings. The average molecular weight is 415 g/mol. The number of ether oxygens (including phenoxy) is 2. The van der Waals surface area contributed by atoms with Crippen LogP contribution in [-0.4, -0.2) is 58.2 Å². The lowest BCUT2D eigenvalue weighted by atomic mass is 10.2. The van der Waals surface area contributed by atoms with Crippen molar-refractivity contribution >= 4 is 11.6 Å². The first-order valence-corrected chi connectivity index (χ1v) is 10.7. The number of hydrogen-bond donors (Lipinski definition) is 2. The summed E-state index contributed by atoms with van der Waals surface area (Å²) in [5.41, 5.74) is 1.22. The molecule has 7 heteroatoms. The standard InChI is InChI=1S/C23H34N4O3/c1-23(29-18-19-30-23)12-15-26-22(25-14-11-21-10-6-17-28-21)24-13-7-16-27(2)20-8-4-3-5-9-20/h3-6,8-10,17H,7,11-16,18-19H2,1-2H3,(H2,24,25,26). The van der Waals surface area contributed by atoms with Crippen molar-refractivity contribution < 1.29 is 13.9 Å². The van der Waals surface area contributed by atoms with Gasteiger partial charge in [0.1, 0.15) is 5.76 Å². The Morgan fingerprint density at radius 2 is 1.83 bits per heavy atom. The monoisotopic (exact) mass is 414 g/mol. The van der Waals surface area contributed by atoms with Crippen LogP contribution in [0.4, 0.5) is 5.69 Å². The number of furan rings is 1. The molecule has 1 aromatic heterocycles. The number of aliphatic imine (C=N–C) groups is 1. The lowest BCUT2D eigenvalue weighted by Gasteiger charge is -2.23.